The third-order valence-corrected chi connectivity index (χ3v) is 8.01. The number of carbonyl (C=O) groups is 1. The van der Waals surface area contributed by atoms with Crippen molar-refractivity contribution in [1.82, 2.24) is 14.7 Å². The lowest BCUT2D eigenvalue weighted by Crippen LogP contribution is -2.39. The Balaban J connectivity index is 1.50. The van der Waals surface area contributed by atoms with Gasteiger partial charge in [0, 0.05) is 23.3 Å². The first kappa shape index (κ1) is 21.8. The van der Waals surface area contributed by atoms with E-state index in [1.807, 2.05) is 26.1 Å². The summed E-state index contributed by atoms with van der Waals surface area (Å²) >= 11 is 0. The zero-order valence-electron chi connectivity index (χ0n) is 18.7. The average molecular weight is 466 g/mol. The van der Waals surface area contributed by atoms with Gasteiger partial charge in [-0.15, -0.1) is 0 Å². The molecule has 0 aliphatic heterocycles. The van der Waals surface area contributed by atoms with E-state index in [2.05, 4.69) is 14.7 Å². The van der Waals surface area contributed by atoms with Gasteiger partial charge >= 0.3 is 0 Å². The number of hydrogen-bond donors (Lipinski definition) is 1. The highest BCUT2D eigenvalue weighted by atomic mass is 32.2. The number of benzene rings is 1. The fourth-order valence-corrected chi connectivity index (χ4v) is 5.69. The molecule has 7 nitrogen and oxygen atoms in total. The molecule has 0 saturated heterocycles. The number of nitrogens with zero attached hydrogens (tertiary/aromatic N) is 2. The third-order valence-electron chi connectivity index (χ3n) is 6.62. The number of nitrogens with one attached hydrogen (secondary N) is 1. The van der Waals surface area contributed by atoms with Gasteiger partial charge in [0.05, 0.1) is 21.9 Å². The highest BCUT2D eigenvalue weighted by Gasteiger charge is 2.54. The highest BCUT2D eigenvalue weighted by molar-refractivity contribution is 7.90. The molecule has 2 aromatic heterocycles. The molecule has 0 bridgehead atoms. The summed E-state index contributed by atoms with van der Waals surface area (Å²) in [5.74, 6) is 0.312. The van der Waals surface area contributed by atoms with Crippen LogP contribution >= 0.6 is 0 Å². The van der Waals surface area contributed by atoms with Gasteiger partial charge in [-0.1, -0.05) is 12.5 Å². The van der Waals surface area contributed by atoms with Crippen molar-refractivity contribution >= 4 is 26.8 Å². The monoisotopic (exact) mass is 465 g/mol. The van der Waals surface area contributed by atoms with Crippen LogP contribution < -0.4 is 9.46 Å². The lowest BCUT2D eigenvalue weighted by atomic mass is 9.79. The number of ether oxygens (including phenoxy) is 1. The van der Waals surface area contributed by atoms with Crippen molar-refractivity contribution in [1.29, 1.82) is 0 Å². The first-order chi connectivity index (χ1) is 15.8. The predicted molar refractivity (Wildman–Crippen MR) is 125 cm³/mol. The molecule has 8 heteroatoms. The third kappa shape index (κ3) is 3.97. The normalized spacial score (nSPS) is 17.5. The number of fused-ring (bicyclic) bond motifs is 1. The van der Waals surface area contributed by atoms with Crippen LogP contribution in [0.2, 0.25) is 0 Å². The average Bonchev–Trinajstić information content (AvgIpc) is 3.54. The van der Waals surface area contributed by atoms with E-state index in [1.165, 1.54) is 12.5 Å². The van der Waals surface area contributed by atoms with Crippen LogP contribution in [-0.4, -0.2) is 30.4 Å². The summed E-state index contributed by atoms with van der Waals surface area (Å²) < 4.78 is 34.8. The van der Waals surface area contributed by atoms with Crippen molar-refractivity contribution in [2.45, 2.75) is 68.3 Å². The molecule has 5 rings (SSSR count). The molecule has 2 aliphatic carbocycles. The van der Waals surface area contributed by atoms with E-state index < -0.39 is 21.3 Å². The number of pyridine rings is 2. The molecule has 1 N–H and O–H groups in total. The SMILES string of the molecule is CC(C)Oc1ncc(C2CCC2)cc1C1(C(=O)NS(=O)(=O)c2cccc3ncccc23)CC1. The summed E-state index contributed by atoms with van der Waals surface area (Å²) in [6.07, 6.45) is 7.83. The summed E-state index contributed by atoms with van der Waals surface area (Å²) in [4.78, 5) is 22.3. The van der Waals surface area contributed by atoms with Crippen molar-refractivity contribution in [2.75, 3.05) is 0 Å². The lowest BCUT2D eigenvalue weighted by Gasteiger charge is -2.27. The van der Waals surface area contributed by atoms with Gasteiger partial charge in [-0.3, -0.25) is 9.78 Å². The smallest absolute Gasteiger partial charge is 0.264 e. The Morgan fingerprint density at radius 2 is 1.94 bits per heavy atom. The predicted octanol–water partition coefficient (Wildman–Crippen LogP) is 4.22. The van der Waals surface area contributed by atoms with E-state index >= 15 is 0 Å². The van der Waals surface area contributed by atoms with Crippen LogP contribution in [0.15, 0.2) is 53.7 Å². The van der Waals surface area contributed by atoms with E-state index in [-0.39, 0.29) is 11.0 Å². The molecule has 2 saturated carbocycles. The van der Waals surface area contributed by atoms with Crippen LogP contribution in [0.4, 0.5) is 0 Å². The Morgan fingerprint density at radius 1 is 1.15 bits per heavy atom. The molecular formula is C25H27N3O4S. The minimum atomic E-state index is -4.09. The molecule has 2 aliphatic rings. The number of sulfonamides is 1. The quantitative estimate of drug-likeness (QED) is 0.561. The number of aromatic nitrogens is 2. The second-order valence-corrected chi connectivity index (χ2v) is 10.9. The summed E-state index contributed by atoms with van der Waals surface area (Å²) in [6, 6.07) is 10.2. The fourth-order valence-electron chi connectivity index (χ4n) is 4.42. The van der Waals surface area contributed by atoms with Gasteiger partial charge in [-0.05, 0) is 81.3 Å². The second kappa shape index (κ2) is 8.09. The zero-order valence-corrected chi connectivity index (χ0v) is 19.6. The summed E-state index contributed by atoms with van der Waals surface area (Å²) in [7, 11) is -4.09. The molecule has 0 spiro atoms. The van der Waals surface area contributed by atoms with Crippen molar-refractivity contribution in [2.24, 2.45) is 0 Å². The minimum absolute atomic E-state index is 0.0391. The van der Waals surface area contributed by atoms with Crippen LogP contribution in [0, 0.1) is 0 Å². The van der Waals surface area contributed by atoms with Gasteiger partial charge in [-0.2, -0.15) is 0 Å². The fraction of sp³-hybridized carbons (Fsp3) is 0.400. The molecule has 33 heavy (non-hydrogen) atoms. The van der Waals surface area contributed by atoms with Crippen LogP contribution in [0.1, 0.15) is 63.0 Å². The van der Waals surface area contributed by atoms with Crippen LogP contribution in [0.3, 0.4) is 0 Å². The molecule has 2 fully saturated rings. The molecule has 1 amide bonds. The van der Waals surface area contributed by atoms with E-state index in [9.17, 15) is 13.2 Å². The van der Waals surface area contributed by atoms with Gasteiger partial charge in [0.15, 0.2) is 0 Å². The zero-order chi connectivity index (χ0) is 23.2. The molecule has 2 heterocycles. The van der Waals surface area contributed by atoms with E-state index in [4.69, 9.17) is 4.74 Å². The van der Waals surface area contributed by atoms with Gasteiger partial charge in [0.25, 0.3) is 10.0 Å². The van der Waals surface area contributed by atoms with E-state index in [0.717, 1.165) is 18.4 Å². The van der Waals surface area contributed by atoms with Gasteiger partial charge in [0.2, 0.25) is 11.8 Å². The standard InChI is InChI=1S/C25H27N3O4S/c1-16(2)32-23-20(14-18(15-27-23)17-6-3-7-17)25(11-12-25)24(29)28-33(30,31)22-10-4-9-21-19(22)8-5-13-26-21/h4-5,8-10,13-17H,3,6-7,11-12H2,1-2H3,(H,28,29). The van der Waals surface area contributed by atoms with Crippen molar-refractivity contribution in [3.05, 3.63) is 59.9 Å². The molecule has 0 unspecified atom stereocenters. The van der Waals surface area contributed by atoms with Gasteiger partial charge in [-0.25, -0.2) is 18.1 Å². The first-order valence-electron chi connectivity index (χ1n) is 11.4. The van der Waals surface area contributed by atoms with E-state index in [0.29, 0.717) is 41.1 Å². The number of carbonyl (C=O) groups excluding carboxylic acids is 1. The Morgan fingerprint density at radius 3 is 2.61 bits per heavy atom. The van der Waals surface area contributed by atoms with Crippen molar-refractivity contribution in [3.63, 3.8) is 0 Å². The maximum absolute atomic E-state index is 13.5. The van der Waals surface area contributed by atoms with E-state index in [1.54, 1.807) is 30.5 Å². The summed E-state index contributed by atoms with van der Waals surface area (Å²) in [6.45, 7) is 3.81. The van der Waals surface area contributed by atoms with Crippen molar-refractivity contribution in [3.8, 4) is 5.88 Å². The molecule has 3 aromatic rings. The van der Waals surface area contributed by atoms with Crippen LogP contribution in [0.25, 0.3) is 10.9 Å². The highest BCUT2D eigenvalue weighted by Crippen LogP contribution is 2.52. The summed E-state index contributed by atoms with van der Waals surface area (Å²) in [5, 5.41) is 0.475. The largest absolute Gasteiger partial charge is 0.475 e. The summed E-state index contributed by atoms with van der Waals surface area (Å²) in [5.41, 5.74) is 1.38. The molecular weight excluding hydrogens is 438 g/mol. The molecule has 1 aromatic carbocycles. The van der Waals surface area contributed by atoms with Crippen LogP contribution in [0.5, 0.6) is 5.88 Å². The number of hydrogen-bond acceptors (Lipinski definition) is 6. The Hall–Kier alpha value is -3.00. The Labute approximate surface area is 193 Å². The molecule has 172 valence electrons. The minimum Gasteiger partial charge on any atom is -0.475 e. The second-order valence-electron chi connectivity index (χ2n) is 9.26. The molecule has 0 atom stereocenters. The van der Waals surface area contributed by atoms with Crippen molar-refractivity contribution < 1.29 is 17.9 Å². The number of amides is 1. The van der Waals surface area contributed by atoms with Crippen LogP contribution in [-0.2, 0) is 20.2 Å². The van der Waals surface area contributed by atoms with Gasteiger partial charge < -0.3 is 4.74 Å². The topological polar surface area (TPSA) is 98.2 Å². The maximum atomic E-state index is 13.5. The first-order valence-corrected chi connectivity index (χ1v) is 12.9. The maximum Gasteiger partial charge on any atom is 0.264 e. The Kier molecular flexibility index (Phi) is 5.35. The number of rotatable bonds is 7. The molecule has 0 radical (unpaired) electrons. The van der Waals surface area contributed by atoms with Gasteiger partial charge in [0.1, 0.15) is 0 Å². The lowest BCUT2D eigenvalue weighted by molar-refractivity contribution is -0.121. The Bertz CT molecular complexity index is 1320.